The number of carbonyl (C=O) groups is 9. The molecule has 1 heterocycles. The Hall–Kier alpha value is -7.82. The summed E-state index contributed by atoms with van der Waals surface area (Å²) in [6.07, 6.45) is 10.0. The molecule has 3 aromatic carbocycles. The number of nitrogens with zero attached hydrogens (tertiary/aromatic N) is 7. The van der Waals surface area contributed by atoms with Crippen molar-refractivity contribution in [2.24, 2.45) is 11.5 Å². The van der Waals surface area contributed by atoms with E-state index in [-0.39, 0.29) is 63.5 Å². The fourth-order valence-electron chi connectivity index (χ4n) is 10.4. The summed E-state index contributed by atoms with van der Waals surface area (Å²) in [6, 6.07) is 27.7. The Bertz CT molecular complexity index is 2840. The molecule has 5 rings (SSSR count). The molecule has 22 heteroatoms. The summed E-state index contributed by atoms with van der Waals surface area (Å²) in [5.74, 6) is -4.71. The predicted octanol–water partition coefficient (Wildman–Crippen LogP) is 4.99. The Morgan fingerprint density at radius 3 is 1.89 bits per heavy atom. The van der Waals surface area contributed by atoms with E-state index in [2.05, 4.69) is 29.8 Å². The van der Waals surface area contributed by atoms with Crippen LogP contribution in [0.15, 0.2) is 120 Å². The largest absolute Gasteiger partial charge is 0.467 e. The topological polar surface area (TPSA) is 266 Å². The summed E-state index contributed by atoms with van der Waals surface area (Å²) in [5.41, 5.74) is 14.8. The van der Waals surface area contributed by atoms with Crippen LogP contribution in [0, 0.1) is 6.92 Å². The van der Waals surface area contributed by atoms with E-state index in [1.54, 1.807) is 31.2 Å². The Morgan fingerprint density at radius 1 is 0.655 bits per heavy atom. The van der Waals surface area contributed by atoms with Crippen molar-refractivity contribution in [1.82, 2.24) is 44.9 Å². The second-order valence-electron chi connectivity index (χ2n) is 22.2. The van der Waals surface area contributed by atoms with Crippen molar-refractivity contribution in [2.45, 2.75) is 123 Å². The monoisotopic (exact) mass is 1220 g/mol. The van der Waals surface area contributed by atoms with E-state index < -0.39 is 98.6 Å². The zero-order valence-electron chi connectivity index (χ0n) is 51.0. The first-order valence-corrected chi connectivity index (χ1v) is 30.9. The summed E-state index contributed by atoms with van der Waals surface area (Å²) in [4.78, 5) is 137. The van der Waals surface area contributed by atoms with Crippen LogP contribution < -0.4 is 22.1 Å². The second kappa shape index (κ2) is 37.7. The highest BCUT2D eigenvalue weighted by atomic mass is 32.1. The van der Waals surface area contributed by atoms with Crippen molar-refractivity contribution >= 4 is 65.8 Å². The van der Waals surface area contributed by atoms with Crippen molar-refractivity contribution < 1.29 is 47.6 Å². The number of benzene rings is 3. The minimum absolute atomic E-state index is 0.0337. The Labute approximate surface area is 518 Å². The highest BCUT2D eigenvalue weighted by Gasteiger charge is 2.35. The quantitative estimate of drug-likeness (QED) is 0.0225. The van der Waals surface area contributed by atoms with Crippen LogP contribution in [0.1, 0.15) is 112 Å². The van der Waals surface area contributed by atoms with Gasteiger partial charge in [0.15, 0.2) is 0 Å². The average Bonchev–Trinajstić information content (AvgIpc) is 4.13. The minimum atomic E-state index is -1.06. The zero-order chi connectivity index (χ0) is 63.1. The SMILES string of the molecule is C=CCN(CC(=O)N(CC(=O)N(CCCCN)CC(=O)N(CCCCCC)CC(=O)NC(CS)C(N)=O)C(C)c1ccccc1)C(=O)CN(Cc1ccco1)C(=O)CN(C(=O)CN(Cc1cccc(C)c1)C(=O)CNCc1ccccc1)C1CCCC1. The molecule has 0 bridgehead atoms. The van der Waals surface area contributed by atoms with E-state index >= 15 is 0 Å². The van der Waals surface area contributed by atoms with Crippen LogP contribution in [0.4, 0.5) is 0 Å². The molecule has 1 saturated carbocycles. The smallest absolute Gasteiger partial charge is 0.243 e. The summed E-state index contributed by atoms with van der Waals surface area (Å²) >= 11 is 4.13. The number of rotatable bonds is 39. The lowest BCUT2D eigenvalue weighted by molar-refractivity contribution is -0.150. The van der Waals surface area contributed by atoms with Crippen molar-refractivity contribution in [3.8, 4) is 0 Å². The lowest BCUT2D eigenvalue weighted by Gasteiger charge is -2.35. The summed E-state index contributed by atoms with van der Waals surface area (Å²) in [5, 5.41) is 5.75. The van der Waals surface area contributed by atoms with E-state index in [0.29, 0.717) is 56.5 Å². The van der Waals surface area contributed by atoms with Crippen molar-refractivity contribution in [3.63, 3.8) is 0 Å². The van der Waals surface area contributed by atoms with Gasteiger partial charge >= 0.3 is 0 Å². The van der Waals surface area contributed by atoms with Crippen LogP contribution >= 0.6 is 12.6 Å². The predicted molar refractivity (Wildman–Crippen MR) is 337 cm³/mol. The van der Waals surface area contributed by atoms with Crippen molar-refractivity contribution in [3.05, 3.63) is 144 Å². The van der Waals surface area contributed by atoms with E-state index in [1.807, 2.05) is 86.6 Å². The lowest BCUT2D eigenvalue weighted by atomic mass is 10.1. The third-order valence-electron chi connectivity index (χ3n) is 15.4. The number of aryl methyl sites for hydroxylation is 1. The number of thiol groups is 1. The maximum atomic E-state index is 15.0. The number of hydrogen-bond donors (Lipinski definition) is 5. The fourth-order valence-corrected chi connectivity index (χ4v) is 10.7. The Morgan fingerprint density at radius 2 is 1.25 bits per heavy atom. The van der Waals surface area contributed by atoms with Gasteiger partial charge < -0.3 is 60.8 Å². The molecule has 6 N–H and O–H groups in total. The molecule has 0 aliphatic heterocycles. The average molecular weight is 1220 g/mol. The molecule has 21 nitrogen and oxygen atoms in total. The molecule has 0 saturated heterocycles. The van der Waals surface area contributed by atoms with E-state index in [0.717, 1.165) is 48.8 Å². The molecular formula is C65H91N11O10S. The lowest BCUT2D eigenvalue weighted by Crippen LogP contribution is -2.53. The number of hydrogen-bond acceptors (Lipinski definition) is 13. The number of furan rings is 1. The zero-order valence-corrected chi connectivity index (χ0v) is 51.9. The number of carbonyl (C=O) groups excluding carboxylic acids is 9. The van der Waals surface area contributed by atoms with E-state index in [9.17, 15) is 43.2 Å². The molecule has 4 aromatic rings. The molecule has 2 unspecified atom stereocenters. The molecule has 0 radical (unpaired) electrons. The van der Waals surface area contributed by atoms with Gasteiger partial charge in [-0.2, -0.15) is 12.6 Å². The third kappa shape index (κ3) is 23.8. The maximum Gasteiger partial charge on any atom is 0.243 e. The molecule has 2 atom stereocenters. The van der Waals surface area contributed by atoms with E-state index in [4.69, 9.17) is 15.9 Å². The first kappa shape index (κ1) is 69.9. The van der Waals surface area contributed by atoms with Gasteiger partial charge in [0.1, 0.15) is 44.5 Å². The van der Waals surface area contributed by atoms with Crippen molar-refractivity contribution in [2.75, 3.05) is 84.3 Å². The highest BCUT2D eigenvalue weighted by Crippen LogP contribution is 2.25. The summed E-state index contributed by atoms with van der Waals surface area (Å²) in [6.45, 7) is 7.42. The van der Waals surface area contributed by atoms with E-state index in [1.165, 1.54) is 46.6 Å². The van der Waals surface area contributed by atoms with Crippen LogP contribution in [0.3, 0.4) is 0 Å². The molecule has 0 spiro atoms. The molecule has 1 aliphatic rings. The van der Waals surface area contributed by atoms with Gasteiger partial charge in [0.25, 0.3) is 0 Å². The van der Waals surface area contributed by atoms with Crippen LogP contribution in [-0.2, 0) is 62.8 Å². The first-order valence-electron chi connectivity index (χ1n) is 30.3. The fraction of sp³-hybridized carbons (Fsp3) is 0.492. The number of nitrogens with two attached hydrogens (primary N) is 2. The molecule has 1 aromatic heterocycles. The molecule has 472 valence electrons. The molecule has 87 heavy (non-hydrogen) atoms. The summed E-state index contributed by atoms with van der Waals surface area (Å²) < 4.78 is 5.69. The van der Waals surface area contributed by atoms with Gasteiger partial charge in [-0.15, -0.1) is 6.58 Å². The van der Waals surface area contributed by atoms with Gasteiger partial charge in [0.05, 0.1) is 38.5 Å². The third-order valence-corrected chi connectivity index (χ3v) is 15.7. The molecular weight excluding hydrogens is 1130 g/mol. The molecule has 1 aliphatic carbocycles. The maximum absolute atomic E-state index is 15.0. The highest BCUT2D eigenvalue weighted by molar-refractivity contribution is 7.80. The van der Waals surface area contributed by atoms with Gasteiger partial charge in [-0.3, -0.25) is 43.2 Å². The number of amides is 9. The van der Waals surface area contributed by atoms with Crippen LogP contribution in [0.5, 0.6) is 0 Å². The Kier molecular flexibility index (Phi) is 30.3. The minimum Gasteiger partial charge on any atom is -0.467 e. The van der Waals surface area contributed by atoms with Gasteiger partial charge in [-0.1, -0.05) is 136 Å². The van der Waals surface area contributed by atoms with Gasteiger partial charge in [0.2, 0.25) is 53.2 Å². The van der Waals surface area contributed by atoms with Crippen LogP contribution in [0.2, 0.25) is 0 Å². The van der Waals surface area contributed by atoms with Crippen LogP contribution in [0.25, 0.3) is 0 Å². The standard InChI is InChI=1S/C65H91N11O10S/c1-5-7-8-18-33-71(41-57(77)69-56(48-87)65(67)85)59(79)42-72(34-19-17-31-66)61(81)46-75(50(4)53-26-13-10-14-27-53)63(83)44-70(32-6-2)60(80)43-74(40-55-30-21-35-86-55)62(82)47-76(54-28-15-16-29-54)64(84)45-73(39-52-25-20-22-49(3)36-52)58(78)38-68-37-51-23-11-9-12-24-51/h6,9-14,20-27,30,35-36,50,54,56,68,87H,2,5,7-8,15-19,28-29,31-34,37-48,66H2,1,3-4H3,(H2,67,85)(H,69,77). The van der Waals surface area contributed by atoms with Crippen LogP contribution in [-0.4, -0.2) is 184 Å². The summed E-state index contributed by atoms with van der Waals surface area (Å²) in [7, 11) is 0. The first-order chi connectivity index (χ1) is 41.9. The molecule has 9 amide bonds. The number of nitrogens with one attached hydrogen (secondary N) is 2. The second-order valence-corrected chi connectivity index (χ2v) is 22.5. The number of unbranched alkanes of at least 4 members (excludes halogenated alkanes) is 4. The van der Waals surface area contributed by atoms with Gasteiger partial charge in [-0.25, -0.2) is 0 Å². The number of primary amides is 1. The normalized spacial score (nSPS) is 12.7. The van der Waals surface area contributed by atoms with Crippen molar-refractivity contribution in [1.29, 1.82) is 0 Å². The molecule has 1 fully saturated rings. The Balaban J connectivity index is 1.39. The van der Waals surface area contributed by atoms with Gasteiger partial charge in [0, 0.05) is 44.5 Å². The van der Waals surface area contributed by atoms with Gasteiger partial charge in [-0.05, 0) is 81.3 Å².